The topological polar surface area (TPSA) is 50.7 Å². The van der Waals surface area contributed by atoms with Crippen molar-refractivity contribution in [3.63, 3.8) is 0 Å². The number of hydrogen-bond donors (Lipinski definition) is 2. The fraction of sp³-hybridized carbons (Fsp3) is 0.294. The van der Waals surface area contributed by atoms with Crippen molar-refractivity contribution in [3.05, 3.63) is 63.1 Å². The average Bonchev–Trinajstić information content (AvgIpc) is 2.55. The molecule has 3 aliphatic rings. The molecule has 0 radical (unpaired) electrons. The zero-order chi connectivity index (χ0) is 15.1. The number of phenolic OH excluding ortho intramolecular Hbond substituents is 1. The van der Waals surface area contributed by atoms with Crippen LogP contribution in [-0.2, 0) is 9.47 Å². The second-order valence-corrected chi connectivity index (χ2v) is 6.51. The van der Waals surface area contributed by atoms with Crippen molar-refractivity contribution in [2.45, 2.75) is 12.3 Å². The summed E-state index contributed by atoms with van der Waals surface area (Å²) >= 11 is 3.51. The highest BCUT2D eigenvalue weighted by atomic mass is 79.9. The summed E-state index contributed by atoms with van der Waals surface area (Å²) in [5.74, 6) is 0.369. The number of benzene rings is 1. The van der Waals surface area contributed by atoms with Gasteiger partial charge in [-0.25, -0.2) is 0 Å². The summed E-state index contributed by atoms with van der Waals surface area (Å²) < 4.78 is 12.0. The maximum atomic E-state index is 10.4. The van der Waals surface area contributed by atoms with Gasteiger partial charge in [-0.2, -0.15) is 0 Å². The Hall–Kier alpha value is -1.72. The standard InChI is InChI=1S/C17H16BrNO3/c18-10-1-2-16(20)13(7-10)17-11-3-5-21-8-14(11)19-15-9-22-6-4-12(15)17/h1-3,7-8,17,19-20H,4-6,9H2. The van der Waals surface area contributed by atoms with Crippen LogP contribution in [0.5, 0.6) is 5.75 Å². The summed E-state index contributed by atoms with van der Waals surface area (Å²) in [7, 11) is 0. The second-order valence-electron chi connectivity index (χ2n) is 5.59. The Balaban J connectivity index is 1.91. The van der Waals surface area contributed by atoms with Crippen LogP contribution >= 0.6 is 15.9 Å². The van der Waals surface area contributed by atoms with Crippen molar-refractivity contribution in [3.8, 4) is 5.75 Å². The summed E-state index contributed by atoms with van der Waals surface area (Å²) in [5, 5.41) is 13.8. The average molecular weight is 362 g/mol. The predicted molar refractivity (Wildman–Crippen MR) is 86.3 cm³/mol. The van der Waals surface area contributed by atoms with Crippen molar-refractivity contribution in [1.29, 1.82) is 0 Å². The molecule has 1 aromatic carbocycles. The van der Waals surface area contributed by atoms with Gasteiger partial charge in [-0.1, -0.05) is 15.9 Å². The molecule has 4 rings (SSSR count). The number of aromatic hydroxyl groups is 1. The monoisotopic (exact) mass is 361 g/mol. The number of halogens is 1. The SMILES string of the molecule is Oc1ccc(Br)cc1C1C2=CCOC=C2NC2=C1CCOC2. The van der Waals surface area contributed by atoms with E-state index in [0.29, 0.717) is 25.6 Å². The van der Waals surface area contributed by atoms with Crippen molar-refractivity contribution < 1.29 is 14.6 Å². The molecule has 0 aliphatic carbocycles. The zero-order valence-corrected chi connectivity index (χ0v) is 13.5. The lowest BCUT2D eigenvalue weighted by Gasteiger charge is -2.37. The molecule has 3 aliphatic heterocycles. The Kier molecular flexibility index (Phi) is 3.47. The highest BCUT2D eigenvalue weighted by Gasteiger charge is 2.35. The number of nitrogens with one attached hydrogen (secondary N) is 1. The molecule has 2 N–H and O–H groups in total. The molecule has 3 heterocycles. The first-order valence-corrected chi connectivity index (χ1v) is 8.10. The van der Waals surface area contributed by atoms with Gasteiger partial charge >= 0.3 is 0 Å². The normalized spacial score (nSPS) is 23.6. The lowest BCUT2D eigenvalue weighted by atomic mass is 9.77. The van der Waals surface area contributed by atoms with Crippen LogP contribution in [0.3, 0.4) is 0 Å². The first kappa shape index (κ1) is 13.9. The number of hydrogen-bond acceptors (Lipinski definition) is 4. The van der Waals surface area contributed by atoms with E-state index in [1.165, 1.54) is 11.1 Å². The lowest BCUT2D eigenvalue weighted by molar-refractivity contribution is 0.138. The van der Waals surface area contributed by atoms with Crippen LogP contribution in [0.2, 0.25) is 0 Å². The molecule has 1 atom stereocenters. The van der Waals surface area contributed by atoms with Crippen LogP contribution in [0.25, 0.3) is 0 Å². The molecule has 22 heavy (non-hydrogen) atoms. The van der Waals surface area contributed by atoms with Gasteiger partial charge in [-0.3, -0.25) is 0 Å². The Morgan fingerprint density at radius 2 is 2.23 bits per heavy atom. The van der Waals surface area contributed by atoms with Crippen molar-refractivity contribution in [1.82, 2.24) is 5.32 Å². The highest BCUT2D eigenvalue weighted by molar-refractivity contribution is 9.10. The molecule has 0 spiro atoms. The quantitative estimate of drug-likeness (QED) is 0.805. The fourth-order valence-electron chi connectivity index (χ4n) is 3.32. The smallest absolute Gasteiger partial charge is 0.119 e. The van der Waals surface area contributed by atoms with Gasteiger partial charge in [-0.15, -0.1) is 0 Å². The molecule has 0 saturated heterocycles. The van der Waals surface area contributed by atoms with Gasteiger partial charge in [-0.05, 0) is 41.8 Å². The first-order valence-electron chi connectivity index (χ1n) is 7.31. The number of ether oxygens (including phenoxy) is 2. The van der Waals surface area contributed by atoms with Gasteiger partial charge in [0, 0.05) is 21.7 Å². The molecule has 1 aromatic rings. The summed E-state index contributed by atoms with van der Waals surface area (Å²) in [5.41, 5.74) is 5.43. The highest BCUT2D eigenvalue weighted by Crippen LogP contribution is 2.46. The van der Waals surface area contributed by atoms with Gasteiger partial charge in [0.2, 0.25) is 0 Å². The minimum Gasteiger partial charge on any atom is -0.508 e. The summed E-state index contributed by atoms with van der Waals surface area (Å²) in [6.45, 7) is 1.85. The van der Waals surface area contributed by atoms with Crippen LogP contribution in [-0.4, -0.2) is 24.9 Å². The van der Waals surface area contributed by atoms with E-state index in [1.807, 2.05) is 12.1 Å². The summed E-state index contributed by atoms with van der Waals surface area (Å²) in [6, 6.07) is 5.60. The molecule has 1 unspecified atom stereocenters. The molecule has 0 bridgehead atoms. The second kappa shape index (κ2) is 5.48. The lowest BCUT2D eigenvalue weighted by Crippen LogP contribution is -2.34. The van der Waals surface area contributed by atoms with Gasteiger partial charge in [0.05, 0.1) is 18.9 Å². The molecule has 5 heteroatoms. The fourth-order valence-corrected chi connectivity index (χ4v) is 3.70. The number of rotatable bonds is 1. The van der Waals surface area contributed by atoms with Gasteiger partial charge < -0.3 is 19.9 Å². The number of allylic oxidation sites excluding steroid dienone is 1. The van der Waals surface area contributed by atoms with Crippen LogP contribution in [0, 0.1) is 0 Å². The predicted octanol–water partition coefficient (Wildman–Crippen LogP) is 3.31. The minimum atomic E-state index is 0.0489. The molecule has 0 amide bonds. The van der Waals surface area contributed by atoms with Gasteiger partial charge in [0.25, 0.3) is 0 Å². The minimum absolute atomic E-state index is 0.0489. The molecular weight excluding hydrogens is 346 g/mol. The number of fused-ring (bicyclic) bond motifs is 1. The maximum Gasteiger partial charge on any atom is 0.119 e. The van der Waals surface area contributed by atoms with Crippen molar-refractivity contribution >= 4 is 15.9 Å². The van der Waals surface area contributed by atoms with E-state index in [4.69, 9.17) is 9.47 Å². The third-order valence-electron chi connectivity index (χ3n) is 4.31. The van der Waals surface area contributed by atoms with E-state index in [-0.39, 0.29) is 5.92 Å². The van der Waals surface area contributed by atoms with Crippen LogP contribution in [0.1, 0.15) is 17.9 Å². The third kappa shape index (κ3) is 2.25. The van der Waals surface area contributed by atoms with Crippen molar-refractivity contribution in [2.75, 3.05) is 19.8 Å². The van der Waals surface area contributed by atoms with Crippen LogP contribution < -0.4 is 5.32 Å². The van der Waals surface area contributed by atoms with Crippen molar-refractivity contribution in [2.24, 2.45) is 0 Å². The van der Waals surface area contributed by atoms with E-state index < -0.39 is 0 Å². The molecule has 4 nitrogen and oxygen atoms in total. The van der Waals surface area contributed by atoms with Crippen LogP contribution in [0.4, 0.5) is 0 Å². The molecule has 0 saturated carbocycles. The van der Waals surface area contributed by atoms with E-state index in [1.54, 1.807) is 12.3 Å². The van der Waals surface area contributed by atoms with E-state index in [9.17, 15) is 5.11 Å². The molecular formula is C17H16BrNO3. The zero-order valence-electron chi connectivity index (χ0n) is 11.9. The summed E-state index contributed by atoms with van der Waals surface area (Å²) in [6.07, 6.45) is 4.72. The maximum absolute atomic E-state index is 10.4. The van der Waals surface area contributed by atoms with Gasteiger partial charge in [0.15, 0.2) is 0 Å². The number of phenols is 1. The van der Waals surface area contributed by atoms with Gasteiger partial charge in [0.1, 0.15) is 18.6 Å². The Labute approximate surface area is 137 Å². The van der Waals surface area contributed by atoms with Crippen LogP contribution in [0.15, 0.2) is 57.6 Å². The first-order chi connectivity index (χ1) is 10.7. The molecule has 114 valence electrons. The molecule has 0 aromatic heterocycles. The molecule has 0 fully saturated rings. The largest absolute Gasteiger partial charge is 0.508 e. The summed E-state index contributed by atoms with van der Waals surface area (Å²) in [4.78, 5) is 0. The Bertz CT molecular complexity index is 721. The Morgan fingerprint density at radius 1 is 1.32 bits per heavy atom. The van der Waals surface area contributed by atoms with E-state index in [2.05, 4.69) is 27.3 Å². The Morgan fingerprint density at radius 3 is 3.14 bits per heavy atom. The third-order valence-corrected chi connectivity index (χ3v) is 4.80. The van der Waals surface area contributed by atoms with E-state index >= 15 is 0 Å². The van der Waals surface area contributed by atoms with E-state index in [0.717, 1.165) is 27.9 Å².